The van der Waals surface area contributed by atoms with Gasteiger partial charge in [0.15, 0.2) is 5.69 Å². The van der Waals surface area contributed by atoms with Crippen LogP contribution in [-0.4, -0.2) is 28.6 Å². The SMILES string of the molecule is Cl.O=C1Cc2cc(NC(=O)c3n[nH]c4c3CNCC4)ccc2N1. The highest BCUT2D eigenvalue weighted by Gasteiger charge is 2.22. The van der Waals surface area contributed by atoms with E-state index in [0.29, 0.717) is 24.3 Å². The van der Waals surface area contributed by atoms with Crippen LogP contribution in [0.25, 0.3) is 0 Å². The standard InChI is InChI=1S/C15H15N5O2.ClH/c21-13-6-8-5-9(1-2-11(8)18-13)17-15(22)14-10-7-16-4-3-12(10)19-20-14;/h1-2,5,16H,3-4,6-7H2,(H,17,22)(H,18,21)(H,19,20);1H. The van der Waals surface area contributed by atoms with E-state index < -0.39 is 0 Å². The molecule has 2 aromatic rings. The van der Waals surface area contributed by atoms with E-state index >= 15 is 0 Å². The van der Waals surface area contributed by atoms with Crippen LogP contribution in [0.1, 0.15) is 27.3 Å². The summed E-state index contributed by atoms with van der Waals surface area (Å²) in [6.45, 7) is 1.54. The molecular weight excluding hydrogens is 318 g/mol. The third-order valence-electron chi connectivity index (χ3n) is 4.01. The van der Waals surface area contributed by atoms with Gasteiger partial charge in [0.2, 0.25) is 5.91 Å². The summed E-state index contributed by atoms with van der Waals surface area (Å²) < 4.78 is 0. The fourth-order valence-corrected chi connectivity index (χ4v) is 2.91. The zero-order valence-corrected chi connectivity index (χ0v) is 13.0. The van der Waals surface area contributed by atoms with Crippen molar-refractivity contribution in [2.75, 3.05) is 17.2 Å². The van der Waals surface area contributed by atoms with Gasteiger partial charge in [-0.1, -0.05) is 0 Å². The van der Waals surface area contributed by atoms with Gasteiger partial charge >= 0.3 is 0 Å². The zero-order chi connectivity index (χ0) is 15.1. The number of hydrogen-bond acceptors (Lipinski definition) is 4. The van der Waals surface area contributed by atoms with Crippen molar-refractivity contribution < 1.29 is 9.59 Å². The number of halogens is 1. The zero-order valence-electron chi connectivity index (χ0n) is 12.2. The van der Waals surface area contributed by atoms with Crippen LogP contribution in [0.3, 0.4) is 0 Å². The maximum Gasteiger partial charge on any atom is 0.276 e. The number of rotatable bonds is 2. The number of fused-ring (bicyclic) bond motifs is 2. The first-order chi connectivity index (χ1) is 10.7. The number of nitrogens with one attached hydrogen (secondary N) is 4. The van der Waals surface area contributed by atoms with Crippen LogP contribution in [0.4, 0.5) is 11.4 Å². The van der Waals surface area contributed by atoms with Crippen molar-refractivity contribution >= 4 is 35.6 Å². The van der Waals surface area contributed by atoms with Crippen LogP contribution >= 0.6 is 12.4 Å². The van der Waals surface area contributed by atoms with Gasteiger partial charge in [-0.25, -0.2) is 0 Å². The van der Waals surface area contributed by atoms with Crippen molar-refractivity contribution in [3.63, 3.8) is 0 Å². The molecule has 4 N–H and O–H groups in total. The van der Waals surface area contributed by atoms with Gasteiger partial charge in [-0.2, -0.15) is 5.10 Å². The largest absolute Gasteiger partial charge is 0.326 e. The molecule has 0 aliphatic carbocycles. The van der Waals surface area contributed by atoms with E-state index in [-0.39, 0.29) is 24.2 Å². The van der Waals surface area contributed by atoms with Gasteiger partial charge in [0, 0.05) is 42.1 Å². The molecule has 4 rings (SSSR count). The quantitative estimate of drug-likeness (QED) is 0.664. The molecule has 1 aromatic heterocycles. The van der Waals surface area contributed by atoms with E-state index in [2.05, 4.69) is 26.1 Å². The summed E-state index contributed by atoms with van der Waals surface area (Å²) in [7, 11) is 0. The lowest BCUT2D eigenvalue weighted by molar-refractivity contribution is -0.115. The minimum Gasteiger partial charge on any atom is -0.326 e. The van der Waals surface area contributed by atoms with Gasteiger partial charge in [0.1, 0.15) is 0 Å². The topological polar surface area (TPSA) is 98.9 Å². The molecular formula is C15H16ClN5O2. The third-order valence-corrected chi connectivity index (χ3v) is 4.01. The molecule has 2 amide bonds. The number of carbonyl (C=O) groups is 2. The van der Waals surface area contributed by atoms with E-state index in [1.54, 1.807) is 12.1 Å². The number of nitrogens with zero attached hydrogens (tertiary/aromatic N) is 1. The molecule has 120 valence electrons. The molecule has 0 saturated carbocycles. The van der Waals surface area contributed by atoms with Crippen LogP contribution in [0.15, 0.2) is 18.2 Å². The van der Waals surface area contributed by atoms with E-state index in [4.69, 9.17) is 0 Å². The molecule has 7 nitrogen and oxygen atoms in total. The highest BCUT2D eigenvalue weighted by atomic mass is 35.5. The van der Waals surface area contributed by atoms with Gasteiger partial charge in [-0.05, 0) is 23.8 Å². The monoisotopic (exact) mass is 333 g/mol. The summed E-state index contributed by atoms with van der Waals surface area (Å²) in [5.41, 5.74) is 4.75. The van der Waals surface area contributed by atoms with E-state index in [9.17, 15) is 9.59 Å². The highest BCUT2D eigenvalue weighted by molar-refractivity contribution is 6.05. The van der Waals surface area contributed by atoms with Crippen LogP contribution in [-0.2, 0) is 24.2 Å². The second-order valence-corrected chi connectivity index (χ2v) is 5.51. The average molecular weight is 334 g/mol. The van der Waals surface area contributed by atoms with Gasteiger partial charge in [-0.3, -0.25) is 14.7 Å². The summed E-state index contributed by atoms with van der Waals surface area (Å²) in [6, 6.07) is 5.40. The summed E-state index contributed by atoms with van der Waals surface area (Å²) in [5, 5.41) is 15.9. The smallest absolute Gasteiger partial charge is 0.276 e. The molecule has 3 heterocycles. The minimum absolute atomic E-state index is 0. The van der Waals surface area contributed by atoms with E-state index in [0.717, 1.165) is 35.5 Å². The number of aromatic nitrogens is 2. The molecule has 2 aliphatic rings. The molecule has 2 aliphatic heterocycles. The third kappa shape index (κ3) is 2.80. The van der Waals surface area contributed by atoms with Crippen LogP contribution in [0.5, 0.6) is 0 Å². The molecule has 0 radical (unpaired) electrons. The number of anilines is 2. The number of amides is 2. The van der Waals surface area contributed by atoms with Gasteiger partial charge in [0.05, 0.1) is 6.42 Å². The van der Waals surface area contributed by atoms with Gasteiger partial charge in [0.25, 0.3) is 5.91 Å². The first kappa shape index (κ1) is 15.5. The normalized spacial score (nSPS) is 15.2. The predicted molar refractivity (Wildman–Crippen MR) is 88.0 cm³/mol. The van der Waals surface area contributed by atoms with Crippen LogP contribution in [0.2, 0.25) is 0 Å². The minimum atomic E-state index is -0.238. The van der Waals surface area contributed by atoms with Crippen molar-refractivity contribution in [3.05, 3.63) is 40.7 Å². The van der Waals surface area contributed by atoms with Gasteiger partial charge in [-0.15, -0.1) is 12.4 Å². The summed E-state index contributed by atoms with van der Waals surface area (Å²) in [6.07, 6.45) is 1.20. The lowest BCUT2D eigenvalue weighted by atomic mass is 10.1. The summed E-state index contributed by atoms with van der Waals surface area (Å²) >= 11 is 0. The molecule has 23 heavy (non-hydrogen) atoms. The summed E-state index contributed by atoms with van der Waals surface area (Å²) in [4.78, 5) is 23.8. The van der Waals surface area contributed by atoms with E-state index in [1.807, 2.05) is 6.07 Å². The Morgan fingerprint density at radius 3 is 3.04 bits per heavy atom. The van der Waals surface area contributed by atoms with Crippen molar-refractivity contribution in [3.8, 4) is 0 Å². The Morgan fingerprint density at radius 2 is 2.17 bits per heavy atom. The Labute approximate surface area is 138 Å². The lowest BCUT2D eigenvalue weighted by Crippen LogP contribution is -2.25. The van der Waals surface area contributed by atoms with Gasteiger partial charge < -0.3 is 16.0 Å². The van der Waals surface area contributed by atoms with Crippen molar-refractivity contribution in [1.29, 1.82) is 0 Å². The molecule has 0 saturated heterocycles. The Morgan fingerprint density at radius 1 is 1.30 bits per heavy atom. The first-order valence-corrected chi connectivity index (χ1v) is 7.21. The number of hydrogen-bond donors (Lipinski definition) is 4. The summed E-state index contributed by atoms with van der Waals surface area (Å²) in [5.74, 6) is -0.260. The van der Waals surface area contributed by atoms with Crippen molar-refractivity contribution in [1.82, 2.24) is 15.5 Å². The highest BCUT2D eigenvalue weighted by Crippen LogP contribution is 2.26. The number of carbonyl (C=O) groups excluding carboxylic acids is 2. The van der Waals surface area contributed by atoms with Crippen molar-refractivity contribution in [2.45, 2.75) is 19.4 Å². The Bertz CT molecular complexity index is 786. The maximum atomic E-state index is 12.4. The molecule has 1 aromatic carbocycles. The second-order valence-electron chi connectivity index (χ2n) is 5.51. The Balaban J connectivity index is 0.00000156. The predicted octanol–water partition coefficient (Wildman–Crippen LogP) is 1.22. The Kier molecular flexibility index (Phi) is 4.06. The fraction of sp³-hybridized carbons (Fsp3) is 0.267. The molecule has 0 unspecified atom stereocenters. The van der Waals surface area contributed by atoms with E-state index in [1.165, 1.54) is 0 Å². The van der Waals surface area contributed by atoms with Crippen molar-refractivity contribution in [2.24, 2.45) is 0 Å². The first-order valence-electron chi connectivity index (χ1n) is 7.21. The molecule has 0 fully saturated rings. The van der Waals surface area contributed by atoms with Crippen LogP contribution in [0, 0.1) is 0 Å². The maximum absolute atomic E-state index is 12.4. The number of aromatic amines is 1. The van der Waals surface area contributed by atoms with Crippen LogP contribution < -0.4 is 16.0 Å². The molecule has 0 atom stereocenters. The fourth-order valence-electron chi connectivity index (χ4n) is 2.91. The molecule has 0 bridgehead atoms. The number of benzene rings is 1. The average Bonchev–Trinajstić information content (AvgIpc) is 3.09. The number of H-pyrrole nitrogens is 1. The lowest BCUT2D eigenvalue weighted by Gasteiger charge is -2.13. The Hall–Kier alpha value is -2.38. The molecule has 0 spiro atoms. The second kappa shape index (κ2) is 6.02. The molecule has 8 heteroatoms.